The number of rotatable bonds is 6. The third kappa shape index (κ3) is 4.35. The van der Waals surface area contributed by atoms with Gasteiger partial charge in [-0.3, -0.25) is 4.79 Å². The van der Waals surface area contributed by atoms with Crippen molar-refractivity contribution in [3.8, 4) is 5.75 Å². The zero-order chi connectivity index (χ0) is 19.5. The Hall–Kier alpha value is -2.09. The molecule has 0 aliphatic rings. The first-order valence-electron chi connectivity index (χ1n) is 7.83. The molecule has 8 heteroatoms. The highest BCUT2D eigenvalue weighted by atomic mass is 35.5. The van der Waals surface area contributed by atoms with Crippen LogP contribution in [0.3, 0.4) is 0 Å². The van der Waals surface area contributed by atoms with Crippen LogP contribution in [0.4, 0.5) is 0 Å². The van der Waals surface area contributed by atoms with Crippen molar-refractivity contribution < 1.29 is 17.9 Å². The van der Waals surface area contributed by atoms with E-state index in [9.17, 15) is 13.2 Å². The average molecular weight is 397 g/mol. The summed E-state index contributed by atoms with van der Waals surface area (Å²) in [5, 5.41) is 3.41. The molecule has 0 saturated carbocycles. The van der Waals surface area contributed by atoms with Gasteiger partial charge in [-0.05, 0) is 42.8 Å². The van der Waals surface area contributed by atoms with Gasteiger partial charge in [0.2, 0.25) is 10.0 Å². The van der Waals surface area contributed by atoms with Gasteiger partial charge in [0, 0.05) is 24.7 Å². The number of sulfonamides is 1. The molecule has 2 rings (SSSR count). The molecular formula is C18H21ClN2O4S. The van der Waals surface area contributed by atoms with Gasteiger partial charge in [0.25, 0.3) is 5.91 Å². The van der Waals surface area contributed by atoms with Gasteiger partial charge in [-0.1, -0.05) is 23.7 Å². The van der Waals surface area contributed by atoms with Gasteiger partial charge in [0.15, 0.2) is 0 Å². The van der Waals surface area contributed by atoms with Crippen LogP contribution in [0, 0.1) is 0 Å². The number of hydrogen-bond acceptors (Lipinski definition) is 4. The number of carbonyl (C=O) groups excluding carboxylic acids is 1. The maximum absolute atomic E-state index is 12.6. The van der Waals surface area contributed by atoms with Gasteiger partial charge in [-0.2, -0.15) is 0 Å². The van der Waals surface area contributed by atoms with Crippen molar-refractivity contribution in [2.45, 2.75) is 17.9 Å². The highest BCUT2D eigenvalue weighted by Crippen LogP contribution is 2.27. The fraction of sp³-hybridized carbons (Fsp3) is 0.278. The number of halogens is 1. The number of benzene rings is 2. The van der Waals surface area contributed by atoms with Crippen LogP contribution in [0.1, 0.15) is 28.9 Å². The minimum absolute atomic E-state index is 0.0620. The van der Waals surface area contributed by atoms with Crippen molar-refractivity contribution in [1.29, 1.82) is 0 Å². The number of nitrogens with zero attached hydrogens (tertiary/aromatic N) is 1. The van der Waals surface area contributed by atoms with Crippen LogP contribution in [0.25, 0.3) is 0 Å². The monoisotopic (exact) mass is 396 g/mol. The lowest BCUT2D eigenvalue weighted by molar-refractivity contribution is 0.0939. The van der Waals surface area contributed by atoms with Crippen molar-refractivity contribution in [3.05, 3.63) is 58.6 Å². The van der Waals surface area contributed by atoms with E-state index in [1.165, 1.54) is 39.4 Å². The Bertz CT molecular complexity index is 913. The molecule has 1 unspecified atom stereocenters. The summed E-state index contributed by atoms with van der Waals surface area (Å²) in [6.45, 7) is 1.82. The highest BCUT2D eigenvalue weighted by Gasteiger charge is 2.24. The molecule has 26 heavy (non-hydrogen) atoms. The number of methoxy groups -OCH3 is 1. The lowest BCUT2D eigenvalue weighted by Gasteiger charge is -2.17. The van der Waals surface area contributed by atoms with E-state index in [0.717, 1.165) is 9.87 Å². The molecule has 0 spiro atoms. The maximum Gasteiger partial charge on any atom is 0.251 e. The zero-order valence-corrected chi connectivity index (χ0v) is 16.6. The Kier molecular flexibility index (Phi) is 6.28. The van der Waals surface area contributed by atoms with E-state index in [0.29, 0.717) is 5.02 Å². The number of nitrogens with one attached hydrogen (secondary N) is 1. The predicted molar refractivity (Wildman–Crippen MR) is 101 cm³/mol. The Morgan fingerprint density at radius 2 is 1.88 bits per heavy atom. The van der Waals surface area contributed by atoms with E-state index in [2.05, 4.69) is 5.32 Å². The van der Waals surface area contributed by atoms with Gasteiger partial charge in [-0.25, -0.2) is 12.7 Å². The number of hydrogen-bond donors (Lipinski definition) is 1. The molecule has 0 aromatic heterocycles. The smallest absolute Gasteiger partial charge is 0.251 e. The molecule has 2 aromatic carbocycles. The lowest BCUT2D eigenvalue weighted by atomic mass is 10.1. The van der Waals surface area contributed by atoms with Crippen LogP contribution in [0.15, 0.2) is 47.4 Å². The molecule has 140 valence electrons. The van der Waals surface area contributed by atoms with E-state index < -0.39 is 15.9 Å². The summed E-state index contributed by atoms with van der Waals surface area (Å²) in [4.78, 5) is 12.5. The molecule has 0 heterocycles. The molecule has 0 saturated heterocycles. The van der Waals surface area contributed by atoms with Crippen molar-refractivity contribution in [1.82, 2.24) is 9.62 Å². The van der Waals surface area contributed by atoms with Crippen LogP contribution in [-0.4, -0.2) is 39.8 Å². The number of carbonyl (C=O) groups is 1. The van der Waals surface area contributed by atoms with Gasteiger partial charge in [0.1, 0.15) is 10.6 Å². The van der Waals surface area contributed by atoms with Crippen LogP contribution in [0.5, 0.6) is 5.75 Å². The van der Waals surface area contributed by atoms with Crippen LogP contribution in [-0.2, 0) is 10.0 Å². The summed E-state index contributed by atoms with van der Waals surface area (Å²) in [6, 6.07) is 11.2. The quantitative estimate of drug-likeness (QED) is 0.814. The van der Waals surface area contributed by atoms with E-state index in [1.807, 2.05) is 13.0 Å². The van der Waals surface area contributed by atoms with Crippen molar-refractivity contribution in [2.75, 3.05) is 21.2 Å². The fourth-order valence-corrected chi connectivity index (χ4v) is 3.63. The molecule has 0 bridgehead atoms. The largest absolute Gasteiger partial charge is 0.495 e. The normalized spacial score (nSPS) is 12.7. The van der Waals surface area contributed by atoms with Crippen molar-refractivity contribution in [2.24, 2.45) is 0 Å². The summed E-state index contributed by atoms with van der Waals surface area (Å²) in [5.74, 6) is -0.214. The second-order valence-corrected chi connectivity index (χ2v) is 8.46. The average Bonchev–Trinajstić information content (AvgIpc) is 2.60. The SMILES string of the molecule is COc1ccc(C(=O)NC(C)c2cccc(Cl)c2)cc1S(=O)(=O)N(C)C. The Morgan fingerprint density at radius 3 is 2.46 bits per heavy atom. The van der Waals surface area contributed by atoms with E-state index in [-0.39, 0.29) is 22.3 Å². The third-order valence-electron chi connectivity index (χ3n) is 3.88. The Morgan fingerprint density at radius 1 is 1.19 bits per heavy atom. The second-order valence-electron chi connectivity index (χ2n) is 5.90. The minimum atomic E-state index is -3.75. The van der Waals surface area contributed by atoms with Crippen LogP contribution < -0.4 is 10.1 Å². The Labute approximate surface area is 158 Å². The second kappa shape index (κ2) is 8.07. The molecule has 1 atom stereocenters. The molecule has 0 aliphatic heterocycles. The lowest BCUT2D eigenvalue weighted by Crippen LogP contribution is -2.27. The van der Waals surface area contributed by atoms with E-state index >= 15 is 0 Å². The first-order chi connectivity index (χ1) is 12.2. The number of ether oxygens (including phenoxy) is 1. The van der Waals surface area contributed by atoms with Gasteiger partial charge < -0.3 is 10.1 Å². The predicted octanol–water partition coefficient (Wildman–Crippen LogP) is 3.09. The summed E-state index contributed by atoms with van der Waals surface area (Å²) in [5.41, 5.74) is 1.07. The topological polar surface area (TPSA) is 75.7 Å². The maximum atomic E-state index is 12.6. The first kappa shape index (κ1) is 20.2. The third-order valence-corrected chi connectivity index (χ3v) is 5.95. The zero-order valence-electron chi connectivity index (χ0n) is 15.0. The van der Waals surface area contributed by atoms with Crippen LogP contribution in [0.2, 0.25) is 5.02 Å². The molecule has 0 aliphatic carbocycles. The summed E-state index contributed by atoms with van der Waals surface area (Å²) >= 11 is 5.98. The Balaban J connectivity index is 2.32. The minimum Gasteiger partial charge on any atom is -0.495 e. The molecular weight excluding hydrogens is 376 g/mol. The summed E-state index contributed by atoms with van der Waals surface area (Å²) in [6.07, 6.45) is 0. The fourth-order valence-electron chi connectivity index (χ4n) is 2.36. The van der Waals surface area contributed by atoms with Gasteiger partial charge in [-0.15, -0.1) is 0 Å². The summed E-state index contributed by atoms with van der Waals surface area (Å²) in [7, 11) is 0.468. The van der Waals surface area contributed by atoms with E-state index in [4.69, 9.17) is 16.3 Å². The van der Waals surface area contributed by atoms with Crippen molar-refractivity contribution in [3.63, 3.8) is 0 Å². The molecule has 6 nitrogen and oxygen atoms in total. The molecule has 0 fully saturated rings. The standard InChI is InChI=1S/C18H21ClN2O4S/c1-12(13-6-5-7-15(19)10-13)20-18(22)14-8-9-16(25-4)17(11-14)26(23,24)21(2)3/h5-12H,1-4H3,(H,20,22). The number of amides is 1. The van der Waals surface area contributed by atoms with E-state index in [1.54, 1.807) is 18.2 Å². The van der Waals surface area contributed by atoms with Crippen molar-refractivity contribution >= 4 is 27.5 Å². The van der Waals surface area contributed by atoms with Gasteiger partial charge in [0.05, 0.1) is 13.2 Å². The molecule has 2 aromatic rings. The highest BCUT2D eigenvalue weighted by molar-refractivity contribution is 7.89. The van der Waals surface area contributed by atoms with Crippen LogP contribution >= 0.6 is 11.6 Å². The first-order valence-corrected chi connectivity index (χ1v) is 9.65. The molecule has 1 amide bonds. The molecule has 1 N–H and O–H groups in total. The van der Waals surface area contributed by atoms with Gasteiger partial charge >= 0.3 is 0 Å². The molecule has 0 radical (unpaired) electrons. The summed E-state index contributed by atoms with van der Waals surface area (Å²) < 4.78 is 31.1.